The van der Waals surface area contributed by atoms with E-state index in [0.29, 0.717) is 68.9 Å². The van der Waals surface area contributed by atoms with Gasteiger partial charge in [0, 0.05) is 47.4 Å². The van der Waals surface area contributed by atoms with Crippen LogP contribution in [0.15, 0.2) is 66.5 Å². The Morgan fingerprint density at radius 1 is 0.978 bits per heavy atom. The number of benzene rings is 3. The van der Waals surface area contributed by atoms with Crippen molar-refractivity contribution in [2.24, 2.45) is 0 Å². The van der Waals surface area contributed by atoms with E-state index in [-0.39, 0.29) is 25.4 Å². The molecule has 1 aliphatic heterocycles. The first kappa shape index (κ1) is 32.0. The van der Waals surface area contributed by atoms with Gasteiger partial charge in [-0.2, -0.15) is 0 Å². The first-order valence-electron chi connectivity index (χ1n) is 14.8. The quantitative estimate of drug-likeness (QED) is 0.128. The summed E-state index contributed by atoms with van der Waals surface area (Å²) in [5.41, 5.74) is 3.60. The molecule has 1 aliphatic rings. The van der Waals surface area contributed by atoms with E-state index in [0.717, 1.165) is 12.8 Å². The fraction of sp³-hybridized carbons (Fsp3) is 0.286. The summed E-state index contributed by atoms with van der Waals surface area (Å²) in [6.45, 7) is 2.91. The van der Waals surface area contributed by atoms with E-state index in [1.165, 1.54) is 14.2 Å². The zero-order valence-electron chi connectivity index (χ0n) is 26.2. The van der Waals surface area contributed by atoms with Crippen molar-refractivity contribution < 1.29 is 43.1 Å². The first-order chi connectivity index (χ1) is 22.4. The average Bonchev–Trinajstić information content (AvgIpc) is 3.71. The summed E-state index contributed by atoms with van der Waals surface area (Å²) in [6.07, 6.45) is 5.16. The molecule has 0 saturated carbocycles. The number of aliphatic carboxylic acids is 1. The molecule has 5 rings (SSSR count). The summed E-state index contributed by atoms with van der Waals surface area (Å²) in [6, 6.07) is 15.9. The molecular formula is C35H36N2O9. The number of hydrogen-bond acceptors (Lipinski definition) is 9. The first-order valence-corrected chi connectivity index (χ1v) is 14.8. The lowest BCUT2D eigenvalue weighted by molar-refractivity contribution is -0.132. The number of carbonyl (C=O) groups excluding carboxylic acids is 1. The molecule has 240 valence electrons. The Labute approximate surface area is 266 Å². The molecule has 0 atom stereocenters. The molecule has 0 spiro atoms. The summed E-state index contributed by atoms with van der Waals surface area (Å²) in [5.74, 6) is 1.04. The van der Waals surface area contributed by atoms with Crippen LogP contribution in [0.4, 0.5) is 0 Å². The number of ether oxygens (including phenoxy) is 6. The van der Waals surface area contributed by atoms with Gasteiger partial charge in [-0.05, 0) is 36.8 Å². The summed E-state index contributed by atoms with van der Waals surface area (Å²) < 4.78 is 35.3. The van der Waals surface area contributed by atoms with Crippen LogP contribution in [-0.4, -0.2) is 54.7 Å². The number of fused-ring (bicyclic) bond motifs is 1. The zero-order valence-corrected chi connectivity index (χ0v) is 26.2. The maximum absolute atomic E-state index is 12.6. The summed E-state index contributed by atoms with van der Waals surface area (Å²) in [7, 11) is 4.42. The molecule has 2 heterocycles. The number of aryl methyl sites for hydroxylation is 1. The van der Waals surface area contributed by atoms with Crippen molar-refractivity contribution in [3.63, 3.8) is 0 Å². The number of nitrogens with zero attached hydrogens (tertiary/aromatic N) is 2. The van der Waals surface area contributed by atoms with Gasteiger partial charge < -0.3 is 38.1 Å². The van der Waals surface area contributed by atoms with Gasteiger partial charge in [-0.3, -0.25) is 0 Å². The SMILES string of the molecule is CCCCn1cnc(/C=C(\Cc2cc3c(cc2OC)OCO3)C(=O)O)c1-c1ccc(OC)cc1OCc1ccccc1C(=O)OC. The van der Waals surface area contributed by atoms with Crippen LogP contribution in [0.5, 0.6) is 28.7 Å². The number of carboxylic acid groups (broad SMARTS) is 1. The lowest BCUT2D eigenvalue weighted by Crippen LogP contribution is -2.09. The Bertz CT molecular complexity index is 1760. The van der Waals surface area contributed by atoms with Gasteiger partial charge in [0.1, 0.15) is 23.9 Å². The molecule has 0 amide bonds. The minimum Gasteiger partial charge on any atom is -0.497 e. The Balaban J connectivity index is 1.57. The number of esters is 1. The van der Waals surface area contributed by atoms with Crippen LogP contribution in [0.25, 0.3) is 17.3 Å². The fourth-order valence-corrected chi connectivity index (χ4v) is 5.20. The Morgan fingerprint density at radius 3 is 2.48 bits per heavy atom. The second-order valence-corrected chi connectivity index (χ2v) is 10.5. The third-order valence-electron chi connectivity index (χ3n) is 7.61. The number of carbonyl (C=O) groups is 2. The van der Waals surface area contributed by atoms with Crippen LogP contribution >= 0.6 is 0 Å². The second-order valence-electron chi connectivity index (χ2n) is 10.5. The van der Waals surface area contributed by atoms with Crippen LogP contribution < -0.4 is 23.7 Å². The van der Waals surface area contributed by atoms with Gasteiger partial charge in [0.15, 0.2) is 11.5 Å². The summed E-state index contributed by atoms with van der Waals surface area (Å²) >= 11 is 0. The Morgan fingerprint density at radius 2 is 1.76 bits per heavy atom. The summed E-state index contributed by atoms with van der Waals surface area (Å²) in [5, 5.41) is 10.3. The monoisotopic (exact) mass is 628 g/mol. The van der Waals surface area contributed by atoms with Gasteiger partial charge in [0.05, 0.1) is 44.6 Å². The number of unbranched alkanes of at least 4 members (excludes halogenated alkanes) is 1. The fourth-order valence-electron chi connectivity index (χ4n) is 5.20. The minimum atomic E-state index is -1.10. The standard InChI is InChI=1S/C35H36N2O9/c1-5-6-13-37-20-36-28(15-24(34(38)39)14-23-16-31-32(46-21-45-31)18-29(23)42-3)33(37)27-12-11-25(41-2)17-30(27)44-19-22-9-7-8-10-26(22)35(40)43-4/h7-12,15-18,20H,5-6,13-14,19,21H2,1-4H3,(H,38,39)/b24-15+. The van der Waals surface area contributed by atoms with Crippen molar-refractivity contribution in [2.75, 3.05) is 28.1 Å². The van der Waals surface area contributed by atoms with Crippen molar-refractivity contribution in [3.8, 4) is 40.0 Å². The highest BCUT2D eigenvalue weighted by molar-refractivity contribution is 5.94. The predicted molar refractivity (Wildman–Crippen MR) is 170 cm³/mol. The molecule has 0 saturated heterocycles. The third-order valence-corrected chi connectivity index (χ3v) is 7.61. The molecule has 1 aromatic heterocycles. The van der Waals surface area contributed by atoms with Crippen LogP contribution in [0, 0.1) is 0 Å². The van der Waals surface area contributed by atoms with Crippen molar-refractivity contribution in [1.29, 1.82) is 0 Å². The molecule has 0 aliphatic carbocycles. The summed E-state index contributed by atoms with van der Waals surface area (Å²) in [4.78, 5) is 29.7. The largest absolute Gasteiger partial charge is 0.497 e. The predicted octanol–water partition coefficient (Wildman–Crippen LogP) is 6.17. The topological polar surface area (TPSA) is 128 Å². The highest BCUT2D eigenvalue weighted by atomic mass is 16.7. The van der Waals surface area contributed by atoms with Gasteiger partial charge in [-0.1, -0.05) is 31.5 Å². The molecule has 11 nitrogen and oxygen atoms in total. The third kappa shape index (κ3) is 6.93. The van der Waals surface area contributed by atoms with Gasteiger partial charge in [-0.25, -0.2) is 14.6 Å². The molecule has 3 aromatic carbocycles. The Hall–Kier alpha value is -5.45. The maximum Gasteiger partial charge on any atom is 0.338 e. The van der Waals surface area contributed by atoms with E-state index in [4.69, 9.17) is 28.4 Å². The number of carboxylic acids is 1. The average molecular weight is 629 g/mol. The van der Waals surface area contributed by atoms with E-state index in [1.54, 1.807) is 55.9 Å². The maximum atomic E-state index is 12.6. The van der Waals surface area contributed by atoms with Crippen LogP contribution in [0.1, 0.15) is 46.9 Å². The van der Waals surface area contributed by atoms with E-state index in [1.807, 2.05) is 22.8 Å². The van der Waals surface area contributed by atoms with Crippen LogP contribution in [0.2, 0.25) is 0 Å². The van der Waals surface area contributed by atoms with E-state index >= 15 is 0 Å². The van der Waals surface area contributed by atoms with Crippen molar-refractivity contribution >= 4 is 18.0 Å². The molecule has 46 heavy (non-hydrogen) atoms. The molecule has 11 heteroatoms. The molecule has 1 N–H and O–H groups in total. The van der Waals surface area contributed by atoms with E-state index < -0.39 is 11.9 Å². The van der Waals surface area contributed by atoms with Crippen LogP contribution in [0.3, 0.4) is 0 Å². The molecular weight excluding hydrogens is 592 g/mol. The number of rotatable bonds is 14. The van der Waals surface area contributed by atoms with Gasteiger partial charge in [-0.15, -0.1) is 0 Å². The Kier molecular flexibility index (Phi) is 10.1. The van der Waals surface area contributed by atoms with Gasteiger partial charge in [0.2, 0.25) is 6.79 Å². The molecule has 0 fully saturated rings. The normalized spacial score (nSPS) is 12.1. The minimum absolute atomic E-state index is 0.0483. The number of hydrogen-bond donors (Lipinski definition) is 1. The smallest absolute Gasteiger partial charge is 0.338 e. The lowest BCUT2D eigenvalue weighted by Gasteiger charge is -2.17. The number of aromatic nitrogens is 2. The van der Waals surface area contributed by atoms with Crippen molar-refractivity contribution in [1.82, 2.24) is 9.55 Å². The van der Waals surface area contributed by atoms with Crippen molar-refractivity contribution in [2.45, 2.75) is 39.3 Å². The number of methoxy groups -OCH3 is 3. The molecule has 0 bridgehead atoms. The second kappa shape index (κ2) is 14.6. The van der Waals surface area contributed by atoms with Crippen molar-refractivity contribution in [3.05, 3.63) is 88.9 Å². The van der Waals surface area contributed by atoms with E-state index in [2.05, 4.69) is 11.9 Å². The zero-order chi connectivity index (χ0) is 32.6. The molecule has 0 unspecified atom stereocenters. The lowest BCUT2D eigenvalue weighted by atomic mass is 10.0. The highest BCUT2D eigenvalue weighted by Crippen LogP contribution is 2.40. The molecule has 4 aromatic rings. The number of imidazole rings is 1. The van der Waals surface area contributed by atoms with Gasteiger partial charge in [0.25, 0.3) is 0 Å². The van der Waals surface area contributed by atoms with Crippen LogP contribution in [-0.2, 0) is 29.1 Å². The molecule has 0 radical (unpaired) electrons. The highest BCUT2D eigenvalue weighted by Gasteiger charge is 2.23. The van der Waals surface area contributed by atoms with E-state index in [9.17, 15) is 14.7 Å². The van der Waals surface area contributed by atoms with Gasteiger partial charge >= 0.3 is 11.9 Å².